The summed E-state index contributed by atoms with van der Waals surface area (Å²) in [5.41, 5.74) is 1.51. The van der Waals surface area contributed by atoms with Crippen LogP contribution in [0.1, 0.15) is 47.2 Å². The van der Waals surface area contributed by atoms with Gasteiger partial charge in [0, 0.05) is 30.1 Å². The van der Waals surface area contributed by atoms with Crippen LogP contribution >= 0.6 is 0 Å². The summed E-state index contributed by atoms with van der Waals surface area (Å²) >= 11 is 0. The van der Waals surface area contributed by atoms with E-state index in [0.29, 0.717) is 29.6 Å². The Balaban J connectivity index is 1.54. The van der Waals surface area contributed by atoms with E-state index >= 15 is 0 Å². The maximum Gasteiger partial charge on any atom is 0.338 e. The van der Waals surface area contributed by atoms with Crippen LogP contribution in [0.15, 0.2) is 62.6 Å². The van der Waals surface area contributed by atoms with Crippen molar-refractivity contribution >= 4 is 27.0 Å². The van der Waals surface area contributed by atoms with Crippen molar-refractivity contribution in [2.24, 2.45) is 0 Å². The number of ether oxygens (including phenoxy) is 1. The summed E-state index contributed by atoms with van der Waals surface area (Å²) in [6, 6.07) is 12.6. The molecule has 0 aliphatic carbocycles. The number of sulfonamides is 1. The molecular weight excluding hydrogens is 430 g/mol. The summed E-state index contributed by atoms with van der Waals surface area (Å²) in [4.78, 5) is 24.6. The third kappa shape index (κ3) is 4.76. The van der Waals surface area contributed by atoms with Crippen LogP contribution in [0.25, 0.3) is 11.0 Å². The van der Waals surface area contributed by atoms with Crippen molar-refractivity contribution in [2.45, 2.75) is 44.1 Å². The van der Waals surface area contributed by atoms with Crippen molar-refractivity contribution in [1.29, 1.82) is 0 Å². The number of carbonyl (C=O) groups is 1. The van der Waals surface area contributed by atoms with E-state index in [4.69, 9.17) is 9.15 Å². The van der Waals surface area contributed by atoms with Gasteiger partial charge in [-0.05, 0) is 49.6 Å². The van der Waals surface area contributed by atoms with Gasteiger partial charge in [-0.15, -0.1) is 0 Å². The first-order chi connectivity index (χ1) is 15.3. The maximum atomic E-state index is 13.0. The molecule has 7 nitrogen and oxygen atoms in total. The summed E-state index contributed by atoms with van der Waals surface area (Å²) < 4.78 is 38.2. The Labute approximate surface area is 186 Å². The molecule has 2 aromatic carbocycles. The van der Waals surface area contributed by atoms with Gasteiger partial charge in [-0.25, -0.2) is 18.0 Å². The van der Waals surface area contributed by atoms with Gasteiger partial charge in [-0.1, -0.05) is 31.0 Å². The van der Waals surface area contributed by atoms with E-state index in [0.717, 1.165) is 31.2 Å². The topological polar surface area (TPSA) is 93.9 Å². The normalized spacial score (nSPS) is 15.4. The summed E-state index contributed by atoms with van der Waals surface area (Å²) in [5.74, 6) is -0.661. The highest BCUT2D eigenvalue weighted by molar-refractivity contribution is 7.89. The lowest BCUT2D eigenvalue weighted by Gasteiger charge is -2.20. The van der Waals surface area contributed by atoms with E-state index in [1.54, 1.807) is 6.07 Å². The van der Waals surface area contributed by atoms with Crippen molar-refractivity contribution in [3.63, 3.8) is 0 Å². The van der Waals surface area contributed by atoms with Gasteiger partial charge in [0.05, 0.1) is 10.5 Å². The number of hydrogen-bond acceptors (Lipinski definition) is 6. The Hall–Kier alpha value is -2.97. The molecule has 0 N–H and O–H groups in total. The fourth-order valence-corrected chi connectivity index (χ4v) is 5.46. The number of nitrogens with zero attached hydrogens (tertiary/aromatic N) is 1. The summed E-state index contributed by atoms with van der Waals surface area (Å²) in [7, 11) is -3.68. The van der Waals surface area contributed by atoms with E-state index < -0.39 is 21.6 Å². The maximum absolute atomic E-state index is 13.0. The molecule has 3 aromatic rings. The molecule has 8 heteroatoms. The first kappa shape index (κ1) is 22.2. The van der Waals surface area contributed by atoms with Crippen molar-refractivity contribution in [1.82, 2.24) is 4.31 Å². The largest absolute Gasteiger partial charge is 0.457 e. The van der Waals surface area contributed by atoms with Crippen LogP contribution in [0, 0.1) is 6.92 Å². The van der Waals surface area contributed by atoms with Gasteiger partial charge in [0.15, 0.2) is 0 Å². The fourth-order valence-electron chi connectivity index (χ4n) is 3.90. The van der Waals surface area contributed by atoms with E-state index in [9.17, 15) is 18.0 Å². The number of rotatable bonds is 5. The molecule has 0 spiro atoms. The molecule has 32 heavy (non-hydrogen) atoms. The molecule has 0 saturated carbocycles. The smallest absolute Gasteiger partial charge is 0.338 e. The van der Waals surface area contributed by atoms with Crippen molar-refractivity contribution < 1.29 is 22.4 Å². The van der Waals surface area contributed by atoms with E-state index in [1.807, 2.05) is 19.1 Å². The summed E-state index contributed by atoms with van der Waals surface area (Å²) in [6.07, 6.45) is 3.70. The summed E-state index contributed by atoms with van der Waals surface area (Å²) in [6.45, 7) is 2.73. The van der Waals surface area contributed by atoms with Crippen molar-refractivity contribution in [2.75, 3.05) is 13.1 Å². The minimum Gasteiger partial charge on any atom is -0.457 e. The highest BCUT2D eigenvalue weighted by Gasteiger charge is 2.26. The second kappa shape index (κ2) is 9.26. The molecule has 1 aromatic heterocycles. The molecule has 0 unspecified atom stereocenters. The van der Waals surface area contributed by atoms with Crippen LogP contribution in [0.4, 0.5) is 0 Å². The van der Waals surface area contributed by atoms with Gasteiger partial charge >= 0.3 is 11.6 Å². The van der Waals surface area contributed by atoms with Gasteiger partial charge in [-0.3, -0.25) is 0 Å². The first-order valence-electron chi connectivity index (χ1n) is 10.7. The fraction of sp³-hybridized carbons (Fsp3) is 0.333. The zero-order valence-corrected chi connectivity index (χ0v) is 18.7. The predicted molar refractivity (Wildman–Crippen MR) is 120 cm³/mol. The van der Waals surface area contributed by atoms with Crippen LogP contribution in [-0.4, -0.2) is 31.8 Å². The zero-order valence-electron chi connectivity index (χ0n) is 17.9. The molecule has 0 bridgehead atoms. The molecule has 0 atom stereocenters. The van der Waals surface area contributed by atoms with Gasteiger partial charge in [-0.2, -0.15) is 4.31 Å². The average molecular weight is 456 g/mol. The SMILES string of the molecule is Cc1ccc2c(COC(=O)c3cccc(S(=O)(=O)N4CCCCCC4)c3)cc(=O)oc2c1. The van der Waals surface area contributed by atoms with Gasteiger partial charge in [0.25, 0.3) is 0 Å². The Kier molecular flexibility index (Phi) is 6.43. The van der Waals surface area contributed by atoms with Crippen LogP contribution < -0.4 is 5.63 Å². The van der Waals surface area contributed by atoms with E-state index in [2.05, 4.69) is 0 Å². The Morgan fingerprint density at radius 3 is 2.53 bits per heavy atom. The van der Waals surface area contributed by atoms with Crippen LogP contribution in [0.5, 0.6) is 0 Å². The number of benzene rings is 2. The van der Waals surface area contributed by atoms with Crippen molar-refractivity contribution in [3.05, 3.63) is 75.6 Å². The van der Waals surface area contributed by atoms with E-state index in [1.165, 1.54) is 34.6 Å². The molecule has 1 saturated heterocycles. The zero-order chi connectivity index (χ0) is 22.7. The molecule has 1 fully saturated rings. The summed E-state index contributed by atoms with van der Waals surface area (Å²) in [5, 5.41) is 0.681. The average Bonchev–Trinajstić information content (AvgIpc) is 3.07. The Bertz CT molecular complexity index is 1300. The standard InChI is InChI=1S/C24H25NO6S/c1-17-9-10-21-19(15-23(26)31-22(21)13-17)16-30-24(27)18-7-6-8-20(14-18)32(28,29)25-11-4-2-3-5-12-25/h6-10,13-15H,2-5,11-12,16H2,1H3. The second-order valence-corrected chi connectivity index (χ2v) is 9.95. The van der Waals surface area contributed by atoms with Gasteiger partial charge in [0.1, 0.15) is 12.2 Å². The molecule has 1 aliphatic rings. The quantitative estimate of drug-likeness (QED) is 0.426. The lowest BCUT2D eigenvalue weighted by Crippen LogP contribution is -2.32. The molecule has 4 rings (SSSR count). The number of hydrogen-bond donors (Lipinski definition) is 0. The number of esters is 1. The number of carbonyl (C=O) groups excluding carboxylic acids is 1. The number of fused-ring (bicyclic) bond motifs is 1. The second-order valence-electron chi connectivity index (χ2n) is 8.01. The van der Waals surface area contributed by atoms with Gasteiger partial charge < -0.3 is 9.15 Å². The number of aryl methyl sites for hydroxylation is 1. The predicted octanol–water partition coefficient (Wildman–Crippen LogP) is 4.02. The lowest BCUT2D eigenvalue weighted by molar-refractivity contribution is 0.0473. The molecule has 2 heterocycles. The minimum atomic E-state index is -3.68. The molecule has 1 aliphatic heterocycles. The highest BCUT2D eigenvalue weighted by atomic mass is 32.2. The Morgan fingerprint density at radius 1 is 1.03 bits per heavy atom. The van der Waals surface area contributed by atoms with Gasteiger partial charge in [0.2, 0.25) is 10.0 Å². The molecule has 0 radical (unpaired) electrons. The first-order valence-corrected chi connectivity index (χ1v) is 12.1. The van der Waals surface area contributed by atoms with Crippen LogP contribution in [-0.2, 0) is 21.4 Å². The monoisotopic (exact) mass is 455 g/mol. The van der Waals surface area contributed by atoms with Crippen LogP contribution in [0.3, 0.4) is 0 Å². The molecule has 168 valence electrons. The molecule has 0 amide bonds. The van der Waals surface area contributed by atoms with Crippen LogP contribution in [0.2, 0.25) is 0 Å². The third-order valence-corrected chi connectivity index (χ3v) is 7.51. The third-order valence-electron chi connectivity index (χ3n) is 5.62. The molecular formula is C24H25NO6S. The van der Waals surface area contributed by atoms with Crippen molar-refractivity contribution in [3.8, 4) is 0 Å². The minimum absolute atomic E-state index is 0.0788. The highest BCUT2D eigenvalue weighted by Crippen LogP contribution is 2.23. The lowest BCUT2D eigenvalue weighted by atomic mass is 10.1. The van der Waals surface area contributed by atoms with E-state index in [-0.39, 0.29) is 17.1 Å². The Morgan fingerprint density at radius 2 is 1.78 bits per heavy atom.